The second-order valence-electron chi connectivity index (χ2n) is 6.80. The van der Waals surface area contributed by atoms with Gasteiger partial charge in [-0.3, -0.25) is 9.69 Å². The number of rotatable bonds is 6. The fraction of sp³-hybridized carbons (Fsp3) is 0.941. The molecule has 4 heteroatoms. The molecular formula is C17H33N3O. The summed E-state index contributed by atoms with van der Waals surface area (Å²) in [5, 5.41) is 0. The average Bonchev–Trinajstić information content (AvgIpc) is 2.93. The molecule has 2 saturated heterocycles. The van der Waals surface area contributed by atoms with Gasteiger partial charge in [-0.15, -0.1) is 0 Å². The number of hydrogen-bond donors (Lipinski definition) is 1. The molecule has 2 heterocycles. The molecule has 2 N–H and O–H groups in total. The van der Waals surface area contributed by atoms with Gasteiger partial charge in [0.1, 0.15) is 0 Å². The van der Waals surface area contributed by atoms with Crippen LogP contribution in [0.3, 0.4) is 0 Å². The molecule has 0 aromatic rings. The van der Waals surface area contributed by atoms with E-state index < -0.39 is 0 Å². The summed E-state index contributed by atoms with van der Waals surface area (Å²) in [6.45, 7) is 7.04. The lowest BCUT2D eigenvalue weighted by molar-refractivity contribution is -0.131. The molecule has 2 aliphatic rings. The SMILES string of the molecule is CCCC1CCCN(C(CN)CC(=O)N2CCCC2)CC1. The van der Waals surface area contributed by atoms with Crippen LogP contribution < -0.4 is 5.73 Å². The van der Waals surface area contributed by atoms with Crippen molar-refractivity contribution in [1.29, 1.82) is 0 Å². The first kappa shape index (κ1) is 16.8. The highest BCUT2D eigenvalue weighted by atomic mass is 16.2. The molecule has 0 radical (unpaired) electrons. The number of carbonyl (C=O) groups is 1. The summed E-state index contributed by atoms with van der Waals surface area (Å²) in [6, 6.07) is 0.249. The molecule has 2 atom stereocenters. The first-order valence-corrected chi connectivity index (χ1v) is 8.96. The van der Waals surface area contributed by atoms with Crippen LogP contribution >= 0.6 is 0 Å². The molecule has 2 fully saturated rings. The van der Waals surface area contributed by atoms with Gasteiger partial charge in [0.05, 0.1) is 0 Å². The summed E-state index contributed by atoms with van der Waals surface area (Å²) in [5.41, 5.74) is 5.98. The minimum Gasteiger partial charge on any atom is -0.343 e. The fourth-order valence-corrected chi connectivity index (χ4v) is 3.91. The highest BCUT2D eigenvalue weighted by Gasteiger charge is 2.26. The molecule has 21 heavy (non-hydrogen) atoms. The van der Waals surface area contributed by atoms with Crippen LogP contribution in [-0.4, -0.2) is 54.5 Å². The summed E-state index contributed by atoms with van der Waals surface area (Å²) in [7, 11) is 0. The monoisotopic (exact) mass is 295 g/mol. The Morgan fingerprint density at radius 2 is 1.90 bits per heavy atom. The van der Waals surface area contributed by atoms with E-state index in [-0.39, 0.29) is 6.04 Å². The lowest BCUT2D eigenvalue weighted by atomic mass is 9.96. The van der Waals surface area contributed by atoms with Crippen molar-refractivity contribution in [3.05, 3.63) is 0 Å². The molecule has 0 spiro atoms. The third-order valence-corrected chi connectivity index (χ3v) is 5.24. The predicted molar refractivity (Wildman–Crippen MR) is 87.1 cm³/mol. The maximum absolute atomic E-state index is 12.4. The molecule has 2 rings (SSSR count). The van der Waals surface area contributed by atoms with Gasteiger partial charge in [0.25, 0.3) is 0 Å². The van der Waals surface area contributed by atoms with Gasteiger partial charge in [0, 0.05) is 32.1 Å². The van der Waals surface area contributed by atoms with Gasteiger partial charge in [-0.05, 0) is 51.1 Å². The van der Waals surface area contributed by atoms with Gasteiger partial charge in [-0.25, -0.2) is 0 Å². The summed E-state index contributed by atoms with van der Waals surface area (Å²) >= 11 is 0. The van der Waals surface area contributed by atoms with Crippen LogP contribution in [0, 0.1) is 5.92 Å². The quantitative estimate of drug-likeness (QED) is 0.817. The van der Waals surface area contributed by atoms with Crippen molar-refractivity contribution in [1.82, 2.24) is 9.80 Å². The number of nitrogens with two attached hydrogens (primary N) is 1. The molecule has 2 aliphatic heterocycles. The van der Waals surface area contributed by atoms with Gasteiger partial charge in [0.15, 0.2) is 0 Å². The van der Waals surface area contributed by atoms with Crippen LogP contribution in [0.15, 0.2) is 0 Å². The molecule has 4 nitrogen and oxygen atoms in total. The van der Waals surface area contributed by atoms with E-state index >= 15 is 0 Å². The van der Waals surface area contributed by atoms with Gasteiger partial charge in [-0.2, -0.15) is 0 Å². The first-order valence-electron chi connectivity index (χ1n) is 8.96. The Morgan fingerprint density at radius 3 is 2.57 bits per heavy atom. The van der Waals surface area contributed by atoms with Crippen LogP contribution in [0.25, 0.3) is 0 Å². The van der Waals surface area contributed by atoms with Crippen molar-refractivity contribution in [3.8, 4) is 0 Å². The third-order valence-electron chi connectivity index (χ3n) is 5.24. The first-order chi connectivity index (χ1) is 10.2. The van der Waals surface area contributed by atoms with Crippen molar-refractivity contribution < 1.29 is 4.79 Å². The number of carbonyl (C=O) groups excluding carboxylic acids is 1. The van der Waals surface area contributed by atoms with Crippen LogP contribution in [0.4, 0.5) is 0 Å². The molecule has 122 valence electrons. The van der Waals surface area contributed by atoms with Crippen LogP contribution in [0.1, 0.15) is 58.3 Å². The largest absolute Gasteiger partial charge is 0.343 e. The minimum atomic E-state index is 0.249. The highest BCUT2D eigenvalue weighted by molar-refractivity contribution is 5.77. The Balaban J connectivity index is 1.83. The molecule has 2 unspecified atom stereocenters. The van der Waals surface area contributed by atoms with Gasteiger partial charge in [-0.1, -0.05) is 19.8 Å². The van der Waals surface area contributed by atoms with Crippen LogP contribution in [0.2, 0.25) is 0 Å². The zero-order valence-electron chi connectivity index (χ0n) is 13.7. The van der Waals surface area contributed by atoms with E-state index in [0.717, 1.165) is 32.1 Å². The Hall–Kier alpha value is -0.610. The van der Waals surface area contributed by atoms with Gasteiger partial charge in [0.2, 0.25) is 5.91 Å². The molecule has 0 bridgehead atoms. The third kappa shape index (κ3) is 4.96. The van der Waals surface area contributed by atoms with Crippen LogP contribution in [0.5, 0.6) is 0 Å². The molecular weight excluding hydrogens is 262 g/mol. The molecule has 1 amide bonds. The predicted octanol–water partition coefficient (Wildman–Crippen LogP) is 2.23. The van der Waals surface area contributed by atoms with E-state index in [1.54, 1.807) is 0 Å². The minimum absolute atomic E-state index is 0.249. The number of likely N-dealkylation sites (tertiary alicyclic amines) is 2. The topological polar surface area (TPSA) is 49.6 Å². The van der Waals surface area contributed by atoms with E-state index in [4.69, 9.17) is 5.73 Å². The Bertz CT molecular complexity index is 315. The highest BCUT2D eigenvalue weighted by Crippen LogP contribution is 2.23. The fourth-order valence-electron chi connectivity index (χ4n) is 3.91. The number of nitrogens with zero attached hydrogens (tertiary/aromatic N) is 2. The Morgan fingerprint density at radius 1 is 1.14 bits per heavy atom. The van der Waals surface area contributed by atoms with E-state index in [1.807, 2.05) is 4.90 Å². The number of amides is 1. The molecule has 0 aliphatic carbocycles. The average molecular weight is 295 g/mol. The van der Waals surface area contributed by atoms with Gasteiger partial charge < -0.3 is 10.6 Å². The molecule has 0 aromatic heterocycles. The second kappa shape index (κ2) is 8.74. The summed E-state index contributed by atoms with van der Waals surface area (Å²) in [5.74, 6) is 1.20. The molecule has 0 saturated carbocycles. The second-order valence-corrected chi connectivity index (χ2v) is 6.80. The smallest absolute Gasteiger partial charge is 0.224 e. The summed E-state index contributed by atoms with van der Waals surface area (Å²) < 4.78 is 0. The van der Waals surface area contributed by atoms with Crippen molar-refractivity contribution in [2.45, 2.75) is 64.3 Å². The van der Waals surface area contributed by atoms with Crippen molar-refractivity contribution >= 4 is 5.91 Å². The lowest BCUT2D eigenvalue weighted by Crippen LogP contribution is -2.45. The van der Waals surface area contributed by atoms with Crippen molar-refractivity contribution in [3.63, 3.8) is 0 Å². The molecule has 0 aromatic carbocycles. The van der Waals surface area contributed by atoms with E-state index in [2.05, 4.69) is 11.8 Å². The standard InChI is InChI=1S/C17H33N3O/c1-2-6-15-7-5-11-19(12-8-15)16(14-18)13-17(21)20-9-3-4-10-20/h15-16H,2-14,18H2,1H3. The lowest BCUT2D eigenvalue weighted by Gasteiger charge is -2.30. The summed E-state index contributed by atoms with van der Waals surface area (Å²) in [6.07, 6.45) is 9.49. The zero-order valence-corrected chi connectivity index (χ0v) is 13.7. The van der Waals surface area contributed by atoms with Gasteiger partial charge >= 0.3 is 0 Å². The maximum Gasteiger partial charge on any atom is 0.224 e. The maximum atomic E-state index is 12.4. The van der Waals surface area contributed by atoms with E-state index in [1.165, 1.54) is 44.9 Å². The number of hydrogen-bond acceptors (Lipinski definition) is 3. The zero-order chi connectivity index (χ0) is 15.1. The van der Waals surface area contributed by atoms with Crippen LogP contribution in [-0.2, 0) is 4.79 Å². The normalized spacial score (nSPS) is 25.8. The van der Waals surface area contributed by atoms with E-state index in [0.29, 0.717) is 18.9 Å². The summed E-state index contributed by atoms with van der Waals surface area (Å²) in [4.78, 5) is 16.9. The Labute approximate surface area is 130 Å². The van der Waals surface area contributed by atoms with Crippen molar-refractivity contribution in [2.75, 3.05) is 32.7 Å². The van der Waals surface area contributed by atoms with Crippen molar-refractivity contribution in [2.24, 2.45) is 11.7 Å². The Kier molecular flexibility index (Phi) is 6.97. The van der Waals surface area contributed by atoms with E-state index in [9.17, 15) is 4.79 Å².